The van der Waals surface area contributed by atoms with E-state index in [1.165, 1.54) is 11.3 Å². The van der Waals surface area contributed by atoms with Crippen molar-refractivity contribution in [2.24, 2.45) is 0 Å². The third kappa shape index (κ3) is 2.05. The van der Waals surface area contributed by atoms with E-state index in [2.05, 4.69) is 30.2 Å². The normalized spacial score (nSPS) is 15.5. The summed E-state index contributed by atoms with van der Waals surface area (Å²) in [5.74, 6) is -0.0269. The van der Waals surface area contributed by atoms with Gasteiger partial charge in [-0.2, -0.15) is 0 Å². The quantitative estimate of drug-likeness (QED) is 0.819. The van der Waals surface area contributed by atoms with Crippen LogP contribution in [0.5, 0.6) is 0 Å². The molecule has 3 heteroatoms. The van der Waals surface area contributed by atoms with Crippen LogP contribution in [0.3, 0.4) is 0 Å². The Kier molecular flexibility index (Phi) is 3.18. The molecule has 0 radical (unpaired) electrons. The Balaban J connectivity index is 2.08. The van der Waals surface area contributed by atoms with Crippen LogP contribution in [0.1, 0.15) is 36.4 Å². The number of aryl methyl sites for hydroxylation is 2. The second-order valence-corrected chi connectivity index (χ2v) is 5.00. The Hall–Kier alpha value is -2.29. The van der Waals surface area contributed by atoms with Gasteiger partial charge >= 0.3 is 0 Å². The summed E-state index contributed by atoms with van der Waals surface area (Å²) in [4.78, 5) is 15.5. The van der Waals surface area contributed by atoms with Crippen molar-refractivity contribution < 1.29 is 4.79 Å². The first kappa shape index (κ1) is 12.7. The van der Waals surface area contributed by atoms with E-state index in [-0.39, 0.29) is 5.91 Å². The first-order chi connectivity index (χ1) is 9.72. The minimum atomic E-state index is -0.0269. The molecule has 0 bridgehead atoms. The van der Waals surface area contributed by atoms with Gasteiger partial charge in [0.1, 0.15) is 0 Å². The van der Waals surface area contributed by atoms with Crippen LogP contribution in [0, 0.1) is 0 Å². The summed E-state index contributed by atoms with van der Waals surface area (Å²) < 4.78 is 0. The molecular formula is C17H18N2O. The third-order valence-corrected chi connectivity index (χ3v) is 3.75. The number of hydrogen-bond acceptors (Lipinski definition) is 1. The number of H-pyrrole nitrogens is 1. The van der Waals surface area contributed by atoms with E-state index in [1.54, 1.807) is 0 Å². The van der Waals surface area contributed by atoms with Crippen molar-refractivity contribution in [1.29, 1.82) is 0 Å². The maximum atomic E-state index is 12.1. The summed E-state index contributed by atoms with van der Waals surface area (Å²) in [5.41, 5.74) is 6.12. The van der Waals surface area contributed by atoms with Crippen LogP contribution in [-0.4, -0.2) is 10.9 Å². The minimum Gasteiger partial charge on any atom is -0.359 e. The van der Waals surface area contributed by atoms with E-state index >= 15 is 0 Å². The number of aromatic amines is 1. The number of amides is 1. The van der Waals surface area contributed by atoms with Gasteiger partial charge in [-0.25, -0.2) is 0 Å². The van der Waals surface area contributed by atoms with Gasteiger partial charge < -0.3 is 10.3 Å². The Morgan fingerprint density at radius 1 is 1.15 bits per heavy atom. The number of carbonyl (C=O) groups excluding carboxylic acids is 1. The molecule has 1 aromatic heterocycles. The molecule has 1 aliphatic heterocycles. The molecule has 2 heterocycles. The molecule has 0 spiro atoms. The van der Waals surface area contributed by atoms with Gasteiger partial charge in [0.05, 0.1) is 5.57 Å². The van der Waals surface area contributed by atoms with Crippen LogP contribution in [0.4, 0.5) is 5.69 Å². The predicted molar refractivity (Wildman–Crippen MR) is 82.5 cm³/mol. The molecule has 2 N–H and O–H groups in total. The molecule has 3 nitrogen and oxygen atoms in total. The highest BCUT2D eigenvalue weighted by molar-refractivity contribution is 6.34. The summed E-state index contributed by atoms with van der Waals surface area (Å²) in [6, 6.07) is 9.99. The molecule has 0 fully saturated rings. The maximum absolute atomic E-state index is 12.1. The minimum absolute atomic E-state index is 0.0269. The zero-order chi connectivity index (χ0) is 14.1. The maximum Gasteiger partial charge on any atom is 0.256 e. The Morgan fingerprint density at radius 3 is 2.70 bits per heavy atom. The highest BCUT2D eigenvalue weighted by Gasteiger charge is 2.23. The van der Waals surface area contributed by atoms with Gasteiger partial charge in [0.2, 0.25) is 0 Å². The van der Waals surface area contributed by atoms with Crippen molar-refractivity contribution in [3.05, 3.63) is 52.8 Å². The van der Waals surface area contributed by atoms with Crippen LogP contribution in [0.2, 0.25) is 0 Å². The number of benzene rings is 1. The van der Waals surface area contributed by atoms with Gasteiger partial charge in [0, 0.05) is 22.6 Å². The van der Waals surface area contributed by atoms with Crippen molar-refractivity contribution in [3.63, 3.8) is 0 Å². The lowest BCUT2D eigenvalue weighted by atomic mass is 10.0. The fourth-order valence-corrected chi connectivity index (χ4v) is 2.62. The third-order valence-electron chi connectivity index (χ3n) is 3.75. The van der Waals surface area contributed by atoms with Gasteiger partial charge in [-0.1, -0.05) is 32.0 Å². The zero-order valence-corrected chi connectivity index (χ0v) is 11.8. The average Bonchev–Trinajstić information content (AvgIpc) is 3.01. The topological polar surface area (TPSA) is 44.9 Å². The number of nitrogens with one attached hydrogen (secondary N) is 2. The SMILES string of the molecule is CCc1cc(CC)c(/C=C2\C(=O)Nc3ccccc32)[nH]1. The second-order valence-electron chi connectivity index (χ2n) is 5.00. The lowest BCUT2D eigenvalue weighted by Crippen LogP contribution is -2.03. The van der Waals surface area contributed by atoms with Crippen LogP contribution in [0.25, 0.3) is 11.6 Å². The molecule has 2 aromatic rings. The standard InChI is InChI=1S/C17H18N2O/c1-3-11-9-12(4-2)18-16(11)10-14-13-7-5-6-8-15(13)19-17(14)20/h5-10,18H,3-4H2,1-2H3,(H,19,20)/b14-10-. The van der Waals surface area contributed by atoms with E-state index in [9.17, 15) is 4.79 Å². The molecule has 3 rings (SSSR count). The summed E-state index contributed by atoms with van der Waals surface area (Å²) in [6.07, 6.45) is 3.90. The van der Waals surface area contributed by atoms with Crippen molar-refractivity contribution >= 4 is 23.2 Å². The lowest BCUT2D eigenvalue weighted by molar-refractivity contribution is -0.110. The highest BCUT2D eigenvalue weighted by atomic mass is 16.2. The van der Waals surface area contributed by atoms with Gasteiger partial charge in [-0.3, -0.25) is 4.79 Å². The largest absolute Gasteiger partial charge is 0.359 e. The molecular weight excluding hydrogens is 248 g/mol. The van der Waals surface area contributed by atoms with Gasteiger partial charge in [-0.05, 0) is 36.6 Å². The fraction of sp³-hybridized carbons (Fsp3) is 0.235. The molecule has 0 saturated carbocycles. The Bertz CT molecular complexity index is 695. The van der Waals surface area contributed by atoms with Crippen LogP contribution >= 0.6 is 0 Å². The smallest absolute Gasteiger partial charge is 0.256 e. The number of fused-ring (bicyclic) bond motifs is 1. The molecule has 1 aliphatic rings. The molecule has 0 saturated heterocycles. The second kappa shape index (κ2) is 5.00. The van der Waals surface area contributed by atoms with Crippen LogP contribution in [0.15, 0.2) is 30.3 Å². The van der Waals surface area contributed by atoms with Crippen molar-refractivity contribution in [3.8, 4) is 0 Å². The van der Waals surface area contributed by atoms with Crippen LogP contribution in [-0.2, 0) is 17.6 Å². The molecule has 20 heavy (non-hydrogen) atoms. The summed E-state index contributed by atoms with van der Waals surface area (Å²) >= 11 is 0. The summed E-state index contributed by atoms with van der Waals surface area (Å²) in [5, 5.41) is 2.90. The number of anilines is 1. The van der Waals surface area contributed by atoms with Crippen molar-refractivity contribution in [2.45, 2.75) is 26.7 Å². The summed E-state index contributed by atoms with van der Waals surface area (Å²) in [6.45, 7) is 4.26. The predicted octanol–water partition coefficient (Wildman–Crippen LogP) is 3.63. The zero-order valence-electron chi connectivity index (χ0n) is 11.8. The van der Waals surface area contributed by atoms with E-state index in [4.69, 9.17) is 0 Å². The number of para-hydroxylation sites is 1. The van der Waals surface area contributed by atoms with E-state index in [0.717, 1.165) is 35.4 Å². The first-order valence-corrected chi connectivity index (χ1v) is 7.06. The van der Waals surface area contributed by atoms with Gasteiger partial charge in [0.15, 0.2) is 0 Å². The molecule has 1 aromatic carbocycles. The average molecular weight is 266 g/mol. The highest BCUT2D eigenvalue weighted by Crippen LogP contribution is 2.33. The number of carbonyl (C=O) groups is 1. The number of rotatable bonds is 3. The van der Waals surface area contributed by atoms with E-state index in [0.29, 0.717) is 0 Å². The fourth-order valence-electron chi connectivity index (χ4n) is 2.62. The molecule has 0 aliphatic carbocycles. The van der Waals surface area contributed by atoms with Crippen LogP contribution < -0.4 is 5.32 Å². The Morgan fingerprint density at radius 2 is 1.95 bits per heavy atom. The van der Waals surface area contributed by atoms with E-state index < -0.39 is 0 Å². The Labute approximate surface area is 118 Å². The molecule has 0 unspecified atom stereocenters. The molecule has 102 valence electrons. The molecule has 0 atom stereocenters. The number of aromatic nitrogens is 1. The number of hydrogen-bond donors (Lipinski definition) is 2. The van der Waals surface area contributed by atoms with Crippen molar-refractivity contribution in [2.75, 3.05) is 5.32 Å². The van der Waals surface area contributed by atoms with Gasteiger partial charge in [-0.15, -0.1) is 0 Å². The molecule has 1 amide bonds. The lowest BCUT2D eigenvalue weighted by Gasteiger charge is -1.99. The monoisotopic (exact) mass is 266 g/mol. The van der Waals surface area contributed by atoms with Gasteiger partial charge in [0.25, 0.3) is 5.91 Å². The first-order valence-electron chi connectivity index (χ1n) is 7.06. The van der Waals surface area contributed by atoms with E-state index in [1.807, 2.05) is 30.3 Å². The van der Waals surface area contributed by atoms with Crippen molar-refractivity contribution in [1.82, 2.24) is 4.98 Å². The summed E-state index contributed by atoms with van der Waals surface area (Å²) in [7, 11) is 0.